The highest BCUT2D eigenvalue weighted by atomic mass is 28.2. The van der Waals surface area contributed by atoms with Gasteiger partial charge in [0.1, 0.15) is 0 Å². The molecule has 0 aromatic heterocycles. The van der Waals surface area contributed by atoms with Crippen molar-refractivity contribution in [2.45, 2.75) is 117 Å². The third kappa shape index (κ3) is 22.1. The van der Waals surface area contributed by atoms with E-state index in [4.69, 9.17) is 0 Å². The number of aliphatic hydroxyl groups excluding tert-OH is 1. The fourth-order valence-corrected chi connectivity index (χ4v) is 3.11. The van der Waals surface area contributed by atoms with Crippen LogP contribution in [0.1, 0.15) is 117 Å². The summed E-state index contributed by atoms with van der Waals surface area (Å²) in [5.41, 5.74) is 0. The Hall–Kier alpha value is 0.107. The van der Waals surface area contributed by atoms with Gasteiger partial charge in [-0.1, -0.05) is 104 Å². The van der Waals surface area contributed by atoms with E-state index in [9.17, 15) is 9.21 Å². The van der Waals surface area contributed by atoms with Crippen molar-refractivity contribution in [3.63, 3.8) is 0 Å². The number of aliphatic hydroxyl groups is 1. The minimum Gasteiger partial charge on any atom is -0.396 e. The van der Waals surface area contributed by atoms with Gasteiger partial charge in [-0.15, -0.1) is 0 Å². The van der Waals surface area contributed by atoms with Crippen molar-refractivity contribution in [3.05, 3.63) is 0 Å². The van der Waals surface area contributed by atoms with Crippen LogP contribution in [0.4, 0.5) is 4.11 Å². The third-order valence-corrected chi connectivity index (χ3v) is 4.69. The fourth-order valence-electron chi connectivity index (χ4n) is 3.11. The maximum Gasteiger partial charge on any atom is 0.201 e. The first-order chi connectivity index (χ1) is 11.3. The molecular formula is C20H45FOSi. The SMILES string of the molecule is CCCCCCCCCCC(CO)CCCCCCCC.F[SiH3]. The smallest absolute Gasteiger partial charge is 0.201 e. The van der Waals surface area contributed by atoms with Gasteiger partial charge in [0, 0.05) is 6.61 Å². The molecule has 0 aliphatic heterocycles. The van der Waals surface area contributed by atoms with Crippen molar-refractivity contribution in [2.75, 3.05) is 6.61 Å². The normalized spacial score (nSPS) is 12.0. The summed E-state index contributed by atoms with van der Waals surface area (Å²) in [6, 6.07) is 0. The Morgan fingerprint density at radius 3 is 1.22 bits per heavy atom. The highest BCUT2D eigenvalue weighted by Crippen LogP contribution is 2.18. The van der Waals surface area contributed by atoms with Gasteiger partial charge in [0.2, 0.25) is 10.6 Å². The van der Waals surface area contributed by atoms with E-state index in [1.165, 1.54) is 103 Å². The van der Waals surface area contributed by atoms with E-state index in [1.54, 1.807) is 0 Å². The van der Waals surface area contributed by atoms with E-state index in [0.717, 1.165) is 0 Å². The van der Waals surface area contributed by atoms with Crippen LogP contribution in [0.3, 0.4) is 0 Å². The second-order valence-corrected chi connectivity index (χ2v) is 6.87. The monoisotopic (exact) mass is 348 g/mol. The van der Waals surface area contributed by atoms with Crippen LogP contribution in [0.25, 0.3) is 0 Å². The van der Waals surface area contributed by atoms with Gasteiger partial charge >= 0.3 is 0 Å². The van der Waals surface area contributed by atoms with Crippen LogP contribution < -0.4 is 0 Å². The molecule has 1 nitrogen and oxygen atoms in total. The van der Waals surface area contributed by atoms with Crippen molar-refractivity contribution >= 4 is 10.6 Å². The Morgan fingerprint density at radius 2 is 0.913 bits per heavy atom. The summed E-state index contributed by atoms with van der Waals surface area (Å²) in [6.07, 6.45) is 21.8. The summed E-state index contributed by atoms with van der Waals surface area (Å²) in [6.45, 7) is 4.95. The molecule has 0 amide bonds. The first kappa shape index (κ1) is 25.3. The molecule has 0 aromatic carbocycles. The van der Waals surface area contributed by atoms with E-state index in [0.29, 0.717) is 12.5 Å². The van der Waals surface area contributed by atoms with Crippen LogP contribution in [-0.2, 0) is 0 Å². The molecule has 0 rings (SSSR count). The lowest BCUT2D eigenvalue weighted by molar-refractivity contribution is 0.204. The Balaban J connectivity index is 0. The van der Waals surface area contributed by atoms with Crippen molar-refractivity contribution in [2.24, 2.45) is 5.92 Å². The van der Waals surface area contributed by atoms with Gasteiger partial charge in [-0.3, -0.25) is 0 Å². The highest BCUT2D eigenvalue weighted by molar-refractivity contribution is 5.96. The Labute approximate surface area is 149 Å². The summed E-state index contributed by atoms with van der Waals surface area (Å²) >= 11 is 0. The summed E-state index contributed by atoms with van der Waals surface area (Å²) in [7, 11) is -0.194. The number of hydrogen-bond acceptors (Lipinski definition) is 1. The van der Waals surface area contributed by atoms with Gasteiger partial charge < -0.3 is 9.21 Å². The standard InChI is InChI=1S/C20H42O.FH3Si/c1-3-5-7-9-11-12-14-16-18-20(19-21)17-15-13-10-8-6-4-2;1-2/h20-21H,3-19H2,1-2H3;2H3. The fraction of sp³-hybridized carbons (Fsp3) is 1.00. The lowest BCUT2D eigenvalue weighted by Crippen LogP contribution is -2.06. The molecule has 1 N–H and O–H groups in total. The van der Waals surface area contributed by atoms with Gasteiger partial charge in [0.15, 0.2) is 0 Å². The Kier molecular flexibility index (Phi) is 26.8. The molecule has 1 atom stereocenters. The molecule has 0 aromatic rings. The van der Waals surface area contributed by atoms with Gasteiger partial charge in [0.25, 0.3) is 0 Å². The lowest BCUT2D eigenvalue weighted by atomic mass is 9.95. The summed E-state index contributed by atoms with van der Waals surface area (Å²) in [5, 5.41) is 9.47. The van der Waals surface area contributed by atoms with E-state index in [-0.39, 0.29) is 10.6 Å². The predicted octanol–water partition coefficient (Wildman–Crippen LogP) is 6.11. The third-order valence-electron chi connectivity index (χ3n) is 4.69. The molecule has 1 unspecified atom stereocenters. The maximum absolute atomic E-state index is 9.64. The van der Waals surface area contributed by atoms with E-state index >= 15 is 0 Å². The molecule has 0 radical (unpaired) electrons. The minimum absolute atomic E-state index is 0.194. The van der Waals surface area contributed by atoms with Crippen LogP contribution in [0.5, 0.6) is 0 Å². The average molecular weight is 349 g/mol. The van der Waals surface area contributed by atoms with E-state index in [2.05, 4.69) is 13.8 Å². The molecule has 0 saturated heterocycles. The highest BCUT2D eigenvalue weighted by Gasteiger charge is 2.06. The molecule has 142 valence electrons. The Morgan fingerprint density at radius 1 is 0.609 bits per heavy atom. The number of unbranched alkanes of at least 4 members (excludes halogenated alkanes) is 12. The maximum atomic E-state index is 9.64. The zero-order valence-corrected chi connectivity index (χ0v) is 18.4. The molecule has 0 heterocycles. The molecule has 0 aliphatic carbocycles. The quantitative estimate of drug-likeness (QED) is 0.191. The molecule has 23 heavy (non-hydrogen) atoms. The second kappa shape index (κ2) is 24.4. The first-order valence-corrected chi connectivity index (χ1v) is 11.1. The van der Waals surface area contributed by atoms with E-state index in [1.807, 2.05) is 0 Å². The predicted molar refractivity (Wildman–Crippen MR) is 107 cm³/mol. The van der Waals surface area contributed by atoms with Crippen molar-refractivity contribution in [1.29, 1.82) is 0 Å². The number of rotatable bonds is 17. The van der Waals surface area contributed by atoms with Gasteiger partial charge in [-0.25, -0.2) is 0 Å². The molecule has 0 saturated carbocycles. The zero-order chi connectivity index (χ0) is 17.6. The number of halogens is 1. The molecule has 0 fully saturated rings. The summed E-state index contributed by atoms with van der Waals surface area (Å²) in [5.74, 6) is 0.580. The molecule has 0 bridgehead atoms. The van der Waals surface area contributed by atoms with Crippen molar-refractivity contribution < 1.29 is 9.21 Å². The minimum atomic E-state index is -0.194. The van der Waals surface area contributed by atoms with Crippen LogP contribution >= 0.6 is 0 Å². The molecule has 0 spiro atoms. The topological polar surface area (TPSA) is 20.2 Å². The summed E-state index contributed by atoms with van der Waals surface area (Å²) < 4.78 is 9.64. The largest absolute Gasteiger partial charge is 0.396 e. The van der Waals surface area contributed by atoms with E-state index < -0.39 is 0 Å². The van der Waals surface area contributed by atoms with Crippen LogP contribution in [0.15, 0.2) is 0 Å². The zero-order valence-electron chi connectivity index (χ0n) is 16.4. The number of hydrogen-bond donors (Lipinski definition) is 1. The van der Waals surface area contributed by atoms with Crippen LogP contribution in [0.2, 0.25) is 0 Å². The van der Waals surface area contributed by atoms with Crippen molar-refractivity contribution in [1.82, 2.24) is 0 Å². The van der Waals surface area contributed by atoms with Crippen LogP contribution in [0, 0.1) is 5.92 Å². The van der Waals surface area contributed by atoms with Gasteiger partial charge in [-0.2, -0.15) is 0 Å². The molecular weight excluding hydrogens is 303 g/mol. The Bertz CT molecular complexity index is 190. The summed E-state index contributed by atoms with van der Waals surface area (Å²) in [4.78, 5) is 0. The lowest BCUT2D eigenvalue weighted by Gasteiger charge is -2.13. The van der Waals surface area contributed by atoms with Crippen LogP contribution in [-0.4, -0.2) is 22.3 Å². The second-order valence-electron chi connectivity index (χ2n) is 6.87. The van der Waals surface area contributed by atoms with Crippen molar-refractivity contribution in [3.8, 4) is 0 Å². The molecule has 0 aliphatic rings. The molecule has 3 heteroatoms. The van der Waals surface area contributed by atoms with Gasteiger partial charge in [0.05, 0.1) is 0 Å². The average Bonchev–Trinajstić information content (AvgIpc) is 2.60. The first-order valence-electron chi connectivity index (χ1n) is 10.3. The van der Waals surface area contributed by atoms with Gasteiger partial charge in [-0.05, 0) is 18.8 Å².